The van der Waals surface area contributed by atoms with Gasteiger partial charge in [0.05, 0.1) is 10.4 Å². The van der Waals surface area contributed by atoms with E-state index in [4.69, 9.17) is 5.26 Å². The van der Waals surface area contributed by atoms with E-state index in [2.05, 4.69) is 4.98 Å². The fraction of sp³-hybridized carbons (Fsp3) is 0. The first kappa shape index (κ1) is 13.5. The molecule has 0 atom stereocenters. The van der Waals surface area contributed by atoms with Crippen LogP contribution in [0.4, 0.5) is 5.69 Å². The maximum Gasteiger partial charge on any atom is 0.287 e. The summed E-state index contributed by atoms with van der Waals surface area (Å²) < 4.78 is 1.28. The van der Waals surface area contributed by atoms with Crippen molar-refractivity contribution in [2.24, 2.45) is 0 Å². The molecule has 7 nitrogen and oxygen atoms in total. The molecule has 0 saturated carbocycles. The van der Waals surface area contributed by atoms with Gasteiger partial charge < -0.3 is 0 Å². The molecule has 0 fully saturated rings. The molecule has 106 valence electrons. The Balaban J connectivity index is 2.34. The van der Waals surface area contributed by atoms with Crippen molar-refractivity contribution in [1.82, 2.24) is 9.55 Å². The highest BCUT2D eigenvalue weighted by Crippen LogP contribution is 2.18. The number of hydrogen-bond acceptors (Lipinski definition) is 5. The molecule has 2 heterocycles. The Hall–Kier alpha value is -3.53. The molecule has 0 aliphatic heterocycles. The monoisotopic (exact) mass is 292 g/mol. The van der Waals surface area contributed by atoms with Gasteiger partial charge in [0.15, 0.2) is 0 Å². The van der Waals surface area contributed by atoms with Gasteiger partial charge in [-0.1, -0.05) is 18.2 Å². The number of hydrogen-bond donors (Lipinski definition) is 0. The number of para-hydroxylation sites is 1. The predicted molar refractivity (Wildman–Crippen MR) is 78.7 cm³/mol. The molecule has 2 aromatic heterocycles. The van der Waals surface area contributed by atoms with Crippen LogP contribution in [-0.4, -0.2) is 14.5 Å². The first-order valence-electron chi connectivity index (χ1n) is 6.27. The Kier molecular flexibility index (Phi) is 3.12. The maximum atomic E-state index is 12.4. The van der Waals surface area contributed by atoms with Crippen LogP contribution in [0.2, 0.25) is 0 Å². The lowest BCUT2D eigenvalue weighted by atomic mass is 10.1. The minimum atomic E-state index is -0.566. The van der Waals surface area contributed by atoms with Crippen LogP contribution < -0.4 is 5.56 Å². The van der Waals surface area contributed by atoms with E-state index in [1.807, 2.05) is 6.07 Å². The van der Waals surface area contributed by atoms with Gasteiger partial charge in [-0.2, -0.15) is 5.26 Å². The SMILES string of the molecule is N#Cc1cc2ccccc2n(-c2ccc([N+](=O)[O-])cn2)c1=O. The van der Waals surface area contributed by atoms with Crippen LogP contribution >= 0.6 is 0 Å². The first-order valence-corrected chi connectivity index (χ1v) is 6.27. The van der Waals surface area contributed by atoms with Crippen LogP contribution in [0, 0.1) is 21.4 Å². The summed E-state index contributed by atoms with van der Waals surface area (Å²) in [7, 11) is 0. The molecule has 0 aliphatic carbocycles. The van der Waals surface area contributed by atoms with Gasteiger partial charge in [0, 0.05) is 11.5 Å². The summed E-state index contributed by atoms with van der Waals surface area (Å²) in [6.07, 6.45) is 1.08. The lowest BCUT2D eigenvalue weighted by Crippen LogP contribution is -2.22. The zero-order valence-corrected chi connectivity index (χ0v) is 11.1. The third-order valence-electron chi connectivity index (χ3n) is 3.20. The molecule has 3 rings (SSSR count). The van der Waals surface area contributed by atoms with Crippen LogP contribution in [0.25, 0.3) is 16.7 Å². The largest absolute Gasteiger partial charge is 0.287 e. The number of nitrogens with zero attached hydrogens (tertiary/aromatic N) is 4. The smallest absolute Gasteiger partial charge is 0.267 e. The highest BCUT2D eigenvalue weighted by molar-refractivity contribution is 5.81. The van der Waals surface area contributed by atoms with Gasteiger partial charge in [0.25, 0.3) is 11.2 Å². The fourth-order valence-corrected chi connectivity index (χ4v) is 2.19. The molecule has 22 heavy (non-hydrogen) atoms. The van der Waals surface area contributed by atoms with E-state index in [0.29, 0.717) is 10.9 Å². The topological polar surface area (TPSA) is 102 Å². The molecule has 0 aliphatic rings. The number of benzene rings is 1. The van der Waals surface area contributed by atoms with E-state index in [0.717, 1.165) is 6.20 Å². The lowest BCUT2D eigenvalue weighted by molar-refractivity contribution is -0.385. The quantitative estimate of drug-likeness (QED) is 0.532. The lowest BCUT2D eigenvalue weighted by Gasteiger charge is -2.09. The number of nitro groups is 1. The molecule has 0 radical (unpaired) electrons. The van der Waals surface area contributed by atoms with Crippen molar-refractivity contribution in [3.63, 3.8) is 0 Å². The third-order valence-corrected chi connectivity index (χ3v) is 3.20. The van der Waals surface area contributed by atoms with E-state index in [1.165, 1.54) is 22.8 Å². The number of pyridine rings is 2. The van der Waals surface area contributed by atoms with Crippen LogP contribution in [0.5, 0.6) is 0 Å². The van der Waals surface area contributed by atoms with E-state index >= 15 is 0 Å². The van der Waals surface area contributed by atoms with Crippen molar-refractivity contribution in [1.29, 1.82) is 5.26 Å². The van der Waals surface area contributed by atoms with E-state index in [-0.39, 0.29) is 17.1 Å². The van der Waals surface area contributed by atoms with Gasteiger partial charge >= 0.3 is 0 Å². The van der Waals surface area contributed by atoms with Gasteiger partial charge in [-0.3, -0.25) is 19.5 Å². The number of nitriles is 1. The molecular weight excluding hydrogens is 284 g/mol. The molecular formula is C15H8N4O3. The molecule has 0 amide bonds. The maximum absolute atomic E-state index is 12.4. The van der Waals surface area contributed by atoms with Gasteiger partial charge in [-0.15, -0.1) is 0 Å². The van der Waals surface area contributed by atoms with Crippen molar-refractivity contribution in [3.8, 4) is 11.9 Å². The van der Waals surface area contributed by atoms with Crippen LogP contribution in [0.1, 0.15) is 5.56 Å². The second-order valence-electron chi connectivity index (χ2n) is 4.50. The van der Waals surface area contributed by atoms with E-state index in [1.54, 1.807) is 24.3 Å². The third kappa shape index (κ3) is 2.09. The van der Waals surface area contributed by atoms with Crippen molar-refractivity contribution >= 4 is 16.6 Å². The molecule has 3 aromatic rings. The number of rotatable bonds is 2. The minimum absolute atomic E-state index is 0.0150. The highest BCUT2D eigenvalue weighted by atomic mass is 16.6. The molecule has 0 N–H and O–H groups in total. The first-order chi connectivity index (χ1) is 10.6. The second kappa shape index (κ2) is 5.10. The van der Waals surface area contributed by atoms with Gasteiger partial charge in [0.2, 0.25) is 0 Å². The summed E-state index contributed by atoms with van der Waals surface area (Å²) in [5, 5.41) is 20.5. The number of aromatic nitrogens is 2. The average Bonchev–Trinajstić information content (AvgIpc) is 2.54. The Bertz CT molecular complexity index is 984. The summed E-state index contributed by atoms with van der Waals surface area (Å²) >= 11 is 0. The Morgan fingerprint density at radius 2 is 2.00 bits per heavy atom. The van der Waals surface area contributed by atoms with E-state index < -0.39 is 10.5 Å². The Morgan fingerprint density at radius 1 is 1.23 bits per heavy atom. The second-order valence-corrected chi connectivity index (χ2v) is 4.50. The molecule has 7 heteroatoms. The van der Waals surface area contributed by atoms with Gasteiger partial charge in [-0.25, -0.2) is 4.98 Å². The van der Waals surface area contributed by atoms with Gasteiger partial charge in [-0.05, 0) is 18.2 Å². The van der Waals surface area contributed by atoms with Gasteiger partial charge in [0.1, 0.15) is 23.6 Å². The molecule has 0 spiro atoms. The Labute approximate surface area is 123 Å². The molecule has 0 unspecified atom stereocenters. The number of fused-ring (bicyclic) bond motifs is 1. The minimum Gasteiger partial charge on any atom is -0.267 e. The predicted octanol–water partition coefficient (Wildman–Crippen LogP) is 2.17. The molecule has 0 bridgehead atoms. The normalized spacial score (nSPS) is 10.3. The summed E-state index contributed by atoms with van der Waals surface area (Å²) in [5.74, 6) is 0.226. The van der Waals surface area contributed by atoms with Crippen molar-refractivity contribution in [3.05, 3.63) is 74.7 Å². The Morgan fingerprint density at radius 3 is 2.64 bits per heavy atom. The highest BCUT2D eigenvalue weighted by Gasteiger charge is 2.13. The van der Waals surface area contributed by atoms with Crippen molar-refractivity contribution in [2.45, 2.75) is 0 Å². The standard InChI is InChI=1S/C15H8N4O3/c16-8-11-7-10-3-1-2-4-13(10)18(15(11)20)14-6-5-12(9-17-14)19(21)22/h1-7,9H. The average molecular weight is 292 g/mol. The van der Waals surface area contributed by atoms with Crippen LogP contribution in [0.3, 0.4) is 0 Å². The van der Waals surface area contributed by atoms with E-state index in [9.17, 15) is 14.9 Å². The zero-order valence-electron chi connectivity index (χ0n) is 11.1. The summed E-state index contributed by atoms with van der Waals surface area (Å²) in [4.78, 5) is 26.5. The van der Waals surface area contributed by atoms with Crippen LogP contribution in [0.15, 0.2) is 53.5 Å². The molecule has 0 saturated heterocycles. The summed E-state index contributed by atoms with van der Waals surface area (Å²) in [6.45, 7) is 0. The summed E-state index contributed by atoms with van der Waals surface area (Å²) in [5.41, 5.74) is -0.119. The summed E-state index contributed by atoms with van der Waals surface area (Å²) in [6, 6.07) is 13.1. The van der Waals surface area contributed by atoms with Crippen molar-refractivity contribution in [2.75, 3.05) is 0 Å². The van der Waals surface area contributed by atoms with Crippen LogP contribution in [-0.2, 0) is 0 Å². The van der Waals surface area contributed by atoms with Crippen molar-refractivity contribution < 1.29 is 4.92 Å². The fourth-order valence-electron chi connectivity index (χ4n) is 2.19. The molecule has 1 aromatic carbocycles. The zero-order chi connectivity index (χ0) is 15.7.